The van der Waals surface area contributed by atoms with Gasteiger partial charge in [-0.3, -0.25) is 0 Å². The van der Waals surface area contributed by atoms with Crippen molar-refractivity contribution in [3.05, 3.63) is 32.2 Å². The van der Waals surface area contributed by atoms with Gasteiger partial charge in [0.1, 0.15) is 0 Å². The Morgan fingerprint density at radius 1 is 1.21 bits per heavy atom. The van der Waals surface area contributed by atoms with E-state index in [0.29, 0.717) is 6.61 Å². The third kappa shape index (κ3) is 3.37. The molecule has 0 N–H and O–H groups in total. The van der Waals surface area contributed by atoms with Crippen LogP contribution in [0.5, 0.6) is 0 Å². The summed E-state index contributed by atoms with van der Waals surface area (Å²) in [6, 6.07) is 4.20. The molecule has 0 radical (unpaired) electrons. The summed E-state index contributed by atoms with van der Waals surface area (Å²) in [5.74, 6) is 0. The number of rotatable bonds is 3. The van der Waals surface area contributed by atoms with Crippen molar-refractivity contribution in [1.82, 2.24) is 0 Å². The minimum absolute atomic E-state index is 0.275. The highest BCUT2D eigenvalue weighted by Gasteiger charge is 2.04. The van der Waals surface area contributed by atoms with Crippen LogP contribution in [-0.4, -0.2) is 6.10 Å². The molecule has 0 fully saturated rings. The SMILES string of the molecule is Cc1cc(Br)c(Br)cc1COC(C)C. The Hall–Kier alpha value is 0.140. The molecule has 0 unspecified atom stereocenters. The largest absolute Gasteiger partial charge is 0.374 e. The van der Waals surface area contributed by atoms with Crippen molar-refractivity contribution >= 4 is 31.9 Å². The zero-order valence-corrected chi connectivity index (χ0v) is 11.8. The fraction of sp³-hybridized carbons (Fsp3) is 0.455. The zero-order valence-electron chi connectivity index (χ0n) is 8.60. The topological polar surface area (TPSA) is 9.23 Å². The van der Waals surface area contributed by atoms with E-state index in [1.54, 1.807) is 0 Å². The van der Waals surface area contributed by atoms with Crippen LogP contribution in [0, 0.1) is 6.92 Å². The second kappa shape index (κ2) is 5.29. The molecule has 0 aliphatic carbocycles. The van der Waals surface area contributed by atoms with E-state index in [4.69, 9.17) is 4.74 Å². The van der Waals surface area contributed by atoms with Crippen LogP contribution >= 0.6 is 31.9 Å². The first kappa shape index (κ1) is 12.2. The molecule has 1 aromatic rings. The summed E-state index contributed by atoms with van der Waals surface area (Å²) in [5.41, 5.74) is 2.48. The molecule has 0 saturated heterocycles. The number of hydrogen-bond donors (Lipinski definition) is 0. The lowest BCUT2D eigenvalue weighted by molar-refractivity contribution is 0.0654. The van der Waals surface area contributed by atoms with E-state index in [9.17, 15) is 0 Å². The lowest BCUT2D eigenvalue weighted by atomic mass is 10.1. The minimum atomic E-state index is 0.275. The molecule has 78 valence electrons. The fourth-order valence-corrected chi connectivity index (χ4v) is 1.95. The van der Waals surface area contributed by atoms with Crippen LogP contribution in [-0.2, 0) is 11.3 Å². The average Bonchev–Trinajstić information content (AvgIpc) is 2.09. The van der Waals surface area contributed by atoms with Gasteiger partial charge in [-0.1, -0.05) is 0 Å². The van der Waals surface area contributed by atoms with Crippen LogP contribution in [0.2, 0.25) is 0 Å². The normalized spacial score (nSPS) is 11.0. The zero-order chi connectivity index (χ0) is 10.7. The highest BCUT2D eigenvalue weighted by Crippen LogP contribution is 2.27. The molecule has 0 spiro atoms. The van der Waals surface area contributed by atoms with Gasteiger partial charge in [-0.05, 0) is 75.9 Å². The Labute approximate surface area is 102 Å². The Morgan fingerprint density at radius 3 is 2.36 bits per heavy atom. The Morgan fingerprint density at radius 2 is 1.79 bits per heavy atom. The van der Waals surface area contributed by atoms with Crippen LogP contribution in [0.4, 0.5) is 0 Å². The summed E-state index contributed by atoms with van der Waals surface area (Å²) in [5, 5.41) is 0. The smallest absolute Gasteiger partial charge is 0.0723 e. The molecule has 14 heavy (non-hydrogen) atoms. The number of benzene rings is 1. The van der Waals surface area contributed by atoms with E-state index in [0.717, 1.165) is 8.95 Å². The van der Waals surface area contributed by atoms with E-state index in [-0.39, 0.29) is 6.10 Å². The Kier molecular flexibility index (Phi) is 4.61. The number of hydrogen-bond acceptors (Lipinski definition) is 1. The van der Waals surface area contributed by atoms with E-state index in [1.165, 1.54) is 11.1 Å². The molecule has 0 amide bonds. The molecule has 1 nitrogen and oxygen atoms in total. The van der Waals surface area contributed by atoms with Gasteiger partial charge in [0.15, 0.2) is 0 Å². The van der Waals surface area contributed by atoms with Gasteiger partial charge in [0, 0.05) is 8.95 Å². The van der Waals surface area contributed by atoms with Gasteiger partial charge in [0.25, 0.3) is 0 Å². The van der Waals surface area contributed by atoms with Gasteiger partial charge in [-0.25, -0.2) is 0 Å². The number of halogens is 2. The quantitative estimate of drug-likeness (QED) is 0.799. The first-order valence-corrected chi connectivity index (χ1v) is 6.15. The van der Waals surface area contributed by atoms with Crippen molar-refractivity contribution < 1.29 is 4.74 Å². The maximum absolute atomic E-state index is 5.57. The summed E-state index contributed by atoms with van der Waals surface area (Å²) < 4.78 is 7.73. The molecule has 0 saturated carbocycles. The molecule has 0 aliphatic heterocycles. The lowest BCUT2D eigenvalue weighted by Crippen LogP contribution is -2.03. The monoisotopic (exact) mass is 320 g/mol. The molecule has 3 heteroatoms. The van der Waals surface area contributed by atoms with E-state index >= 15 is 0 Å². The summed E-state index contributed by atoms with van der Waals surface area (Å²) in [6.45, 7) is 6.86. The third-order valence-corrected chi connectivity index (χ3v) is 3.80. The Balaban J connectivity index is 2.82. The summed E-state index contributed by atoms with van der Waals surface area (Å²) >= 11 is 6.96. The van der Waals surface area contributed by atoms with Gasteiger partial charge >= 0.3 is 0 Å². The van der Waals surface area contributed by atoms with Gasteiger partial charge in [0.2, 0.25) is 0 Å². The molecule has 1 rings (SSSR count). The van der Waals surface area contributed by atoms with Crippen LogP contribution in [0.15, 0.2) is 21.1 Å². The Bertz CT molecular complexity index is 321. The van der Waals surface area contributed by atoms with Gasteiger partial charge in [0.05, 0.1) is 12.7 Å². The maximum atomic E-state index is 5.57. The summed E-state index contributed by atoms with van der Waals surface area (Å²) in [6.07, 6.45) is 0.275. The average molecular weight is 322 g/mol. The van der Waals surface area contributed by atoms with Gasteiger partial charge in [-0.15, -0.1) is 0 Å². The molecular weight excluding hydrogens is 308 g/mol. The minimum Gasteiger partial charge on any atom is -0.374 e. The maximum Gasteiger partial charge on any atom is 0.0723 e. The third-order valence-electron chi connectivity index (χ3n) is 1.95. The molecule has 0 aliphatic rings. The van der Waals surface area contributed by atoms with Crippen LogP contribution in [0.3, 0.4) is 0 Å². The second-order valence-electron chi connectivity index (χ2n) is 3.55. The van der Waals surface area contributed by atoms with Gasteiger partial charge < -0.3 is 4.74 Å². The fourth-order valence-electron chi connectivity index (χ4n) is 1.10. The standard InChI is InChI=1S/C11H14Br2O/c1-7(2)14-6-9-5-11(13)10(12)4-8(9)3/h4-5,7H,6H2,1-3H3. The summed E-state index contributed by atoms with van der Waals surface area (Å²) in [7, 11) is 0. The molecule has 0 aromatic heterocycles. The molecular formula is C11H14Br2O. The van der Waals surface area contributed by atoms with E-state index < -0.39 is 0 Å². The summed E-state index contributed by atoms with van der Waals surface area (Å²) in [4.78, 5) is 0. The van der Waals surface area contributed by atoms with Crippen LogP contribution in [0.1, 0.15) is 25.0 Å². The lowest BCUT2D eigenvalue weighted by Gasteiger charge is -2.11. The van der Waals surface area contributed by atoms with Crippen molar-refractivity contribution in [2.75, 3.05) is 0 Å². The van der Waals surface area contributed by atoms with Crippen molar-refractivity contribution in [2.45, 2.75) is 33.5 Å². The van der Waals surface area contributed by atoms with Crippen molar-refractivity contribution in [3.8, 4) is 0 Å². The molecule has 1 aromatic carbocycles. The van der Waals surface area contributed by atoms with Crippen molar-refractivity contribution in [1.29, 1.82) is 0 Å². The first-order chi connectivity index (χ1) is 6.50. The van der Waals surface area contributed by atoms with Crippen LogP contribution in [0.25, 0.3) is 0 Å². The highest BCUT2D eigenvalue weighted by molar-refractivity contribution is 9.13. The van der Waals surface area contributed by atoms with Crippen molar-refractivity contribution in [2.24, 2.45) is 0 Å². The van der Waals surface area contributed by atoms with Crippen molar-refractivity contribution in [3.63, 3.8) is 0 Å². The van der Waals surface area contributed by atoms with E-state index in [1.807, 2.05) is 13.8 Å². The van der Waals surface area contributed by atoms with Crippen LogP contribution < -0.4 is 0 Å². The van der Waals surface area contributed by atoms with E-state index in [2.05, 4.69) is 50.9 Å². The second-order valence-corrected chi connectivity index (χ2v) is 5.26. The molecule has 0 bridgehead atoms. The molecule has 0 heterocycles. The first-order valence-electron chi connectivity index (χ1n) is 4.57. The molecule has 0 atom stereocenters. The number of ether oxygens (including phenoxy) is 1. The predicted molar refractivity (Wildman–Crippen MR) is 66.5 cm³/mol. The number of aryl methyl sites for hydroxylation is 1. The van der Waals surface area contributed by atoms with Gasteiger partial charge in [-0.2, -0.15) is 0 Å². The highest BCUT2D eigenvalue weighted by atomic mass is 79.9. The predicted octanol–water partition coefficient (Wildman–Crippen LogP) is 4.45.